The van der Waals surface area contributed by atoms with Gasteiger partial charge in [-0.2, -0.15) is 0 Å². The predicted octanol–water partition coefficient (Wildman–Crippen LogP) is 2.00. The van der Waals surface area contributed by atoms with Gasteiger partial charge in [0, 0.05) is 19.1 Å². The quantitative estimate of drug-likeness (QED) is 0.864. The van der Waals surface area contributed by atoms with Gasteiger partial charge >= 0.3 is 0 Å². The molecule has 20 heavy (non-hydrogen) atoms. The molecule has 2 saturated heterocycles. The van der Waals surface area contributed by atoms with Crippen molar-refractivity contribution in [2.24, 2.45) is 11.8 Å². The van der Waals surface area contributed by atoms with Crippen molar-refractivity contribution in [1.82, 2.24) is 9.62 Å². The first-order chi connectivity index (χ1) is 9.15. The standard InChI is InChI=1S/C14H26N2O2S.ClH/c17-19(18,11-12-4-2-1-3-5-12)16-9-7-14-13(10-16)6-8-15-14;/h12-15H,1-11H2;1H. The second kappa shape index (κ2) is 6.95. The highest BCUT2D eigenvalue weighted by Crippen LogP contribution is 2.29. The molecule has 4 nitrogen and oxygen atoms in total. The summed E-state index contributed by atoms with van der Waals surface area (Å²) in [6.45, 7) is 2.54. The largest absolute Gasteiger partial charge is 0.314 e. The fraction of sp³-hybridized carbons (Fsp3) is 1.00. The maximum absolute atomic E-state index is 12.5. The van der Waals surface area contributed by atoms with E-state index in [1.165, 1.54) is 19.3 Å². The van der Waals surface area contributed by atoms with Crippen molar-refractivity contribution in [3.8, 4) is 0 Å². The van der Waals surface area contributed by atoms with E-state index in [9.17, 15) is 8.42 Å². The molecule has 0 aromatic heterocycles. The maximum Gasteiger partial charge on any atom is 0.214 e. The van der Waals surface area contributed by atoms with Crippen molar-refractivity contribution in [3.63, 3.8) is 0 Å². The average Bonchev–Trinajstić information content (AvgIpc) is 2.86. The zero-order chi connectivity index (χ0) is 13.3. The molecule has 2 aliphatic heterocycles. The Morgan fingerprint density at radius 1 is 1.05 bits per heavy atom. The maximum atomic E-state index is 12.5. The third-order valence-corrected chi connectivity index (χ3v) is 7.19. The van der Waals surface area contributed by atoms with Gasteiger partial charge in [-0.3, -0.25) is 0 Å². The van der Waals surface area contributed by atoms with Gasteiger partial charge in [0.15, 0.2) is 0 Å². The summed E-state index contributed by atoms with van der Waals surface area (Å²) in [7, 11) is -3.02. The molecule has 0 aromatic carbocycles. The van der Waals surface area contributed by atoms with Gasteiger partial charge in [-0.15, -0.1) is 12.4 Å². The first-order valence-electron chi connectivity index (χ1n) is 7.86. The van der Waals surface area contributed by atoms with Gasteiger partial charge in [-0.25, -0.2) is 12.7 Å². The van der Waals surface area contributed by atoms with Crippen LogP contribution in [0.1, 0.15) is 44.9 Å². The third kappa shape index (κ3) is 3.67. The number of halogens is 1. The van der Waals surface area contributed by atoms with Gasteiger partial charge in [0.25, 0.3) is 0 Å². The Bertz CT molecular complexity index is 409. The molecule has 1 N–H and O–H groups in total. The summed E-state index contributed by atoms with van der Waals surface area (Å²) >= 11 is 0. The van der Waals surface area contributed by atoms with Gasteiger partial charge in [0.05, 0.1) is 5.75 Å². The van der Waals surface area contributed by atoms with Crippen molar-refractivity contribution in [2.75, 3.05) is 25.4 Å². The molecule has 2 atom stereocenters. The highest BCUT2D eigenvalue weighted by Gasteiger charge is 2.37. The number of hydrogen-bond donors (Lipinski definition) is 1. The van der Waals surface area contributed by atoms with Crippen LogP contribution < -0.4 is 5.32 Å². The summed E-state index contributed by atoms with van der Waals surface area (Å²) in [5, 5.41) is 3.49. The number of sulfonamides is 1. The summed E-state index contributed by atoms with van der Waals surface area (Å²) in [6, 6.07) is 0.570. The molecule has 1 aliphatic carbocycles. The molecule has 118 valence electrons. The summed E-state index contributed by atoms with van der Waals surface area (Å²) in [4.78, 5) is 0. The molecule has 6 heteroatoms. The summed E-state index contributed by atoms with van der Waals surface area (Å²) < 4.78 is 26.9. The number of nitrogens with zero attached hydrogens (tertiary/aromatic N) is 1. The number of rotatable bonds is 3. The molecule has 0 amide bonds. The second-order valence-electron chi connectivity index (χ2n) is 6.54. The minimum absolute atomic E-state index is 0. The molecule has 3 aliphatic rings. The fourth-order valence-corrected chi connectivity index (χ4v) is 5.97. The molecule has 0 spiro atoms. The van der Waals surface area contributed by atoms with Crippen LogP contribution in [0, 0.1) is 11.8 Å². The normalized spacial score (nSPS) is 32.6. The van der Waals surface area contributed by atoms with Gasteiger partial charge in [-0.05, 0) is 44.1 Å². The van der Waals surface area contributed by atoms with Crippen molar-refractivity contribution in [3.05, 3.63) is 0 Å². The molecule has 3 fully saturated rings. The fourth-order valence-electron chi connectivity index (χ4n) is 4.02. The Morgan fingerprint density at radius 2 is 1.80 bits per heavy atom. The number of piperidine rings is 1. The molecule has 1 saturated carbocycles. The monoisotopic (exact) mass is 322 g/mol. The molecule has 0 radical (unpaired) electrons. The Balaban J connectivity index is 0.00000147. The van der Waals surface area contributed by atoms with E-state index in [-0.39, 0.29) is 12.4 Å². The predicted molar refractivity (Wildman–Crippen MR) is 83.7 cm³/mol. The van der Waals surface area contributed by atoms with Crippen LogP contribution in [0.25, 0.3) is 0 Å². The van der Waals surface area contributed by atoms with E-state index in [0.29, 0.717) is 23.6 Å². The third-order valence-electron chi connectivity index (χ3n) is 5.18. The van der Waals surface area contributed by atoms with Gasteiger partial charge < -0.3 is 5.32 Å². The Hall–Kier alpha value is 0.160. The lowest BCUT2D eigenvalue weighted by Gasteiger charge is -2.35. The lowest BCUT2D eigenvalue weighted by Crippen LogP contribution is -2.48. The Labute approximate surface area is 129 Å². The minimum Gasteiger partial charge on any atom is -0.314 e. The topological polar surface area (TPSA) is 49.4 Å². The molecule has 0 aromatic rings. The van der Waals surface area contributed by atoms with E-state index in [1.807, 2.05) is 0 Å². The number of hydrogen-bond acceptors (Lipinski definition) is 3. The van der Waals surface area contributed by atoms with Crippen molar-refractivity contribution < 1.29 is 8.42 Å². The van der Waals surface area contributed by atoms with E-state index >= 15 is 0 Å². The van der Waals surface area contributed by atoms with Gasteiger partial charge in [0.1, 0.15) is 0 Å². The van der Waals surface area contributed by atoms with Crippen LogP contribution in [-0.4, -0.2) is 44.2 Å². The minimum atomic E-state index is -3.02. The highest BCUT2D eigenvalue weighted by atomic mass is 35.5. The molecule has 3 rings (SSSR count). The van der Waals surface area contributed by atoms with Crippen molar-refractivity contribution in [1.29, 1.82) is 0 Å². The zero-order valence-electron chi connectivity index (χ0n) is 12.1. The summed E-state index contributed by atoms with van der Waals surface area (Å²) in [6.07, 6.45) is 8.08. The summed E-state index contributed by atoms with van der Waals surface area (Å²) in [5.41, 5.74) is 0. The lowest BCUT2D eigenvalue weighted by molar-refractivity contribution is 0.244. The SMILES string of the molecule is Cl.O=S(=O)(CC1CCCCC1)N1CCC2NCCC2C1. The Kier molecular flexibility index (Phi) is 5.74. The first-order valence-corrected chi connectivity index (χ1v) is 9.47. The molecular weight excluding hydrogens is 296 g/mol. The smallest absolute Gasteiger partial charge is 0.214 e. The van der Waals surface area contributed by atoms with E-state index in [1.54, 1.807) is 4.31 Å². The number of nitrogens with one attached hydrogen (secondary N) is 1. The van der Waals surface area contributed by atoms with E-state index in [0.717, 1.165) is 45.3 Å². The van der Waals surface area contributed by atoms with Gasteiger partial charge in [-0.1, -0.05) is 19.3 Å². The van der Waals surface area contributed by atoms with Crippen LogP contribution >= 0.6 is 12.4 Å². The van der Waals surface area contributed by atoms with Crippen LogP contribution in [0.3, 0.4) is 0 Å². The Morgan fingerprint density at radius 3 is 2.55 bits per heavy atom. The lowest BCUT2D eigenvalue weighted by atomic mass is 9.91. The van der Waals surface area contributed by atoms with Gasteiger partial charge in [0.2, 0.25) is 10.0 Å². The van der Waals surface area contributed by atoms with Crippen LogP contribution in [-0.2, 0) is 10.0 Å². The highest BCUT2D eigenvalue weighted by molar-refractivity contribution is 7.89. The molecule has 2 unspecified atom stereocenters. The average molecular weight is 323 g/mol. The van der Waals surface area contributed by atoms with Crippen molar-refractivity contribution >= 4 is 22.4 Å². The number of fused-ring (bicyclic) bond motifs is 1. The van der Waals surface area contributed by atoms with E-state index in [4.69, 9.17) is 0 Å². The van der Waals surface area contributed by atoms with E-state index < -0.39 is 10.0 Å². The molecule has 0 bridgehead atoms. The van der Waals surface area contributed by atoms with Crippen molar-refractivity contribution in [2.45, 2.75) is 51.0 Å². The second-order valence-corrected chi connectivity index (χ2v) is 8.55. The van der Waals surface area contributed by atoms with Crippen LogP contribution in [0.4, 0.5) is 0 Å². The van der Waals surface area contributed by atoms with Crippen LogP contribution in [0.15, 0.2) is 0 Å². The first kappa shape index (κ1) is 16.5. The van der Waals surface area contributed by atoms with Crippen LogP contribution in [0.2, 0.25) is 0 Å². The zero-order valence-corrected chi connectivity index (χ0v) is 13.7. The van der Waals surface area contributed by atoms with Crippen LogP contribution in [0.5, 0.6) is 0 Å². The molecular formula is C14H27ClN2O2S. The van der Waals surface area contributed by atoms with E-state index in [2.05, 4.69) is 5.32 Å². The summed E-state index contributed by atoms with van der Waals surface area (Å²) in [5.74, 6) is 1.37. The molecule has 2 heterocycles.